The van der Waals surface area contributed by atoms with Gasteiger partial charge in [-0.25, -0.2) is 9.97 Å². The number of hydrogen-bond donors (Lipinski definition) is 3. The zero-order chi connectivity index (χ0) is 16.9. The number of para-hydroxylation sites is 1. The Hall–Kier alpha value is -2.38. The minimum atomic E-state index is -0.873. The van der Waals surface area contributed by atoms with Crippen LogP contribution in [0.4, 0.5) is 0 Å². The lowest BCUT2D eigenvalue weighted by Gasteiger charge is -2.14. The average molecular weight is 342 g/mol. The van der Waals surface area contributed by atoms with Crippen LogP contribution in [-0.4, -0.2) is 38.3 Å². The van der Waals surface area contributed by atoms with Crippen LogP contribution >= 0.6 is 11.8 Å². The van der Waals surface area contributed by atoms with Gasteiger partial charge in [-0.1, -0.05) is 30.0 Å². The number of carboxylic acids is 1. The molecular formula is C17H18N4O2S. The van der Waals surface area contributed by atoms with Gasteiger partial charge >= 0.3 is 5.97 Å². The third kappa shape index (κ3) is 3.74. The van der Waals surface area contributed by atoms with Gasteiger partial charge in [-0.3, -0.25) is 10.1 Å². The van der Waals surface area contributed by atoms with Crippen LogP contribution in [0.1, 0.15) is 11.1 Å². The van der Waals surface area contributed by atoms with Crippen LogP contribution in [0, 0.1) is 0 Å². The summed E-state index contributed by atoms with van der Waals surface area (Å²) in [5.74, 6) is -0.873. The summed E-state index contributed by atoms with van der Waals surface area (Å²) in [4.78, 5) is 23.1. The van der Waals surface area contributed by atoms with Crippen LogP contribution in [0.25, 0.3) is 10.9 Å². The molecule has 0 saturated carbocycles. The Balaban J connectivity index is 1.69. The van der Waals surface area contributed by atoms with Crippen LogP contribution < -0.4 is 5.32 Å². The number of aliphatic carboxylic acids is 1. The van der Waals surface area contributed by atoms with Gasteiger partial charge in [0.05, 0.1) is 0 Å². The zero-order valence-corrected chi connectivity index (χ0v) is 14.0. The van der Waals surface area contributed by atoms with E-state index in [1.54, 1.807) is 12.4 Å². The molecule has 0 aliphatic rings. The summed E-state index contributed by atoms with van der Waals surface area (Å²) < 4.78 is 0. The number of hydrogen-bond acceptors (Lipinski definition) is 5. The van der Waals surface area contributed by atoms with E-state index in [1.165, 1.54) is 11.8 Å². The van der Waals surface area contributed by atoms with Crippen molar-refractivity contribution >= 4 is 28.6 Å². The number of thioether (sulfide) groups is 1. The van der Waals surface area contributed by atoms with Crippen molar-refractivity contribution in [2.45, 2.75) is 24.2 Å². The predicted octanol–water partition coefficient (Wildman–Crippen LogP) is 2.47. The monoisotopic (exact) mass is 342 g/mol. The molecule has 0 aliphatic heterocycles. The summed E-state index contributed by atoms with van der Waals surface area (Å²) in [7, 11) is 0. The van der Waals surface area contributed by atoms with Gasteiger partial charge in [0.25, 0.3) is 0 Å². The topological polar surface area (TPSA) is 90.9 Å². The van der Waals surface area contributed by atoms with Crippen LogP contribution in [0.2, 0.25) is 0 Å². The highest BCUT2D eigenvalue weighted by Crippen LogP contribution is 2.19. The van der Waals surface area contributed by atoms with E-state index in [9.17, 15) is 9.90 Å². The van der Waals surface area contributed by atoms with Crippen molar-refractivity contribution < 1.29 is 9.90 Å². The minimum Gasteiger partial charge on any atom is -0.480 e. The van der Waals surface area contributed by atoms with Crippen molar-refractivity contribution in [1.29, 1.82) is 0 Å². The largest absolute Gasteiger partial charge is 0.480 e. The van der Waals surface area contributed by atoms with Gasteiger partial charge in [-0.05, 0) is 17.9 Å². The van der Waals surface area contributed by atoms with Gasteiger partial charge < -0.3 is 10.1 Å². The molecule has 3 rings (SSSR count). The lowest BCUT2D eigenvalue weighted by atomic mass is 10.0. The van der Waals surface area contributed by atoms with Crippen molar-refractivity contribution in [3.05, 3.63) is 54.0 Å². The number of H-pyrrole nitrogens is 1. The van der Waals surface area contributed by atoms with Crippen LogP contribution in [-0.2, 0) is 17.8 Å². The van der Waals surface area contributed by atoms with E-state index in [0.717, 1.165) is 22.0 Å². The molecule has 0 radical (unpaired) electrons. The Bertz CT molecular complexity index is 832. The van der Waals surface area contributed by atoms with Crippen molar-refractivity contribution in [2.24, 2.45) is 0 Å². The quantitative estimate of drug-likeness (QED) is 0.451. The maximum Gasteiger partial charge on any atom is 0.321 e. The van der Waals surface area contributed by atoms with Crippen molar-refractivity contribution in [1.82, 2.24) is 20.3 Å². The second-order valence-corrected chi connectivity index (χ2v) is 6.19. The highest BCUT2D eigenvalue weighted by molar-refractivity contribution is 7.98. The van der Waals surface area contributed by atoms with Crippen molar-refractivity contribution in [2.75, 3.05) is 6.26 Å². The van der Waals surface area contributed by atoms with Crippen molar-refractivity contribution in [3.8, 4) is 0 Å². The average Bonchev–Trinajstić information content (AvgIpc) is 3.02. The number of benzene rings is 1. The first kappa shape index (κ1) is 16.5. The molecule has 2 heterocycles. The molecule has 2 aromatic heterocycles. The molecule has 6 nitrogen and oxygen atoms in total. The van der Waals surface area contributed by atoms with Gasteiger partial charge in [0.2, 0.25) is 0 Å². The molecule has 1 aromatic carbocycles. The van der Waals surface area contributed by atoms with Crippen molar-refractivity contribution in [3.63, 3.8) is 0 Å². The summed E-state index contributed by atoms with van der Waals surface area (Å²) in [6, 6.07) is 7.20. The van der Waals surface area contributed by atoms with Gasteiger partial charge in [-0.15, -0.1) is 0 Å². The van der Waals surface area contributed by atoms with Crippen LogP contribution in [0.3, 0.4) is 0 Å². The highest BCUT2D eigenvalue weighted by atomic mass is 32.2. The molecule has 0 aliphatic carbocycles. The maximum absolute atomic E-state index is 11.6. The first-order valence-corrected chi connectivity index (χ1v) is 8.76. The molecule has 24 heavy (non-hydrogen) atoms. The third-order valence-corrected chi connectivity index (χ3v) is 4.39. The Morgan fingerprint density at radius 3 is 2.79 bits per heavy atom. The Morgan fingerprint density at radius 1 is 1.33 bits per heavy atom. The van der Waals surface area contributed by atoms with Crippen LogP contribution in [0.15, 0.2) is 48.0 Å². The number of carboxylic acid groups (broad SMARTS) is 1. The lowest BCUT2D eigenvalue weighted by Crippen LogP contribution is -2.38. The second-order valence-electron chi connectivity index (χ2n) is 5.41. The molecule has 124 valence electrons. The van der Waals surface area contributed by atoms with E-state index in [1.807, 2.05) is 36.7 Å². The number of carbonyl (C=O) groups is 1. The molecule has 7 heteroatoms. The Labute approximate surface area is 143 Å². The van der Waals surface area contributed by atoms with Crippen LogP contribution in [0.5, 0.6) is 0 Å². The molecule has 0 saturated heterocycles. The van der Waals surface area contributed by atoms with E-state index in [0.29, 0.717) is 18.1 Å². The number of nitrogens with zero attached hydrogens (tertiary/aromatic N) is 2. The second kappa shape index (κ2) is 7.46. The molecule has 3 N–H and O–H groups in total. The van der Waals surface area contributed by atoms with E-state index in [-0.39, 0.29) is 0 Å². The van der Waals surface area contributed by atoms with Gasteiger partial charge in [0.15, 0.2) is 5.16 Å². The first-order valence-electron chi connectivity index (χ1n) is 7.53. The fourth-order valence-electron chi connectivity index (χ4n) is 2.55. The van der Waals surface area contributed by atoms with E-state index in [2.05, 4.69) is 20.3 Å². The molecule has 1 unspecified atom stereocenters. The Morgan fingerprint density at radius 2 is 2.08 bits per heavy atom. The fourth-order valence-corrected chi connectivity index (χ4v) is 2.86. The number of nitrogens with one attached hydrogen (secondary N) is 2. The number of fused-ring (bicyclic) bond motifs is 1. The number of rotatable bonds is 7. The molecule has 3 aromatic rings. The zero-order valence-electron chi connectivity index (χ0n) is 13.2. The van der Waals surface area contributed by atoms with Gasteiger partial charge in [0.1, 0.15) is 6.04 Å². The summed E-state index contributed by atoms with van der Waals surface area (Å²) in [5.41, 5.74) is 2.86. The predicted molar refractivity (Wildman–Crippen MR) is 94.1 cm³/mol. The minimum absolute atomic E-state index is 0.406. The Kier molecular flexibility index (Phi) is 5.12. The summed E-state index contributed by atoms with van der Waals surface area (Å²) in [6.07, 6.45) is 7.63. The maximum atomic E-state index is 11.6. The molecule has 0 bridgehead atoms. The molecule has 0 spiro atoms. The first-order chi connectivity index (χ1) is 11.7. The van der Waals surface area contributed by atoms with Gasteiger partial charge in [0, 0.05) is 48.0 Å². The SMILES string of the molecule is CSc1ncc(CNC(Cc2c[nH]c3ccccc23)C(=O)O)cn1. The normalized spacial score (nSPS) is 12.4. The summed E-state index contributed by atoms with van der Waals surface area (Å²) in [6.45, 7) is 0.411. The summed E-state index contributed by atoms with van der Waals surface area (Å²) in [5, 5.41) is 14.3. The van der Waals surface area contributed by atoms with Gasteiger partial charge in [-0.2, -0.15) is 0 Å². The fraction of sp³-hybridized carbons (Fsp3) is 0.235. The lowest BCUT2D eigenvalue weighted by molar-refractivity contribution is -0.139. The van der Waals surface area contributed by atoms with E-state index >= 15 is 0 Å². The third-order valence-electron chi connectivity index (χ3n) is 3.81. The molecule has 0 fully saturated rings. The summed E-state index contributed by atoms with van der Waals surface area (Å²) >= 11 is 1.47. The molecular weight excluding hydrogens is 324 g/mol. The van der Waals surface area contributed by atoms with E-state index < -0.39 is 12.0 Å². The smallest absolute Gasteiger partial charge is 0.321 e. The number of aromatic amines is 1. The standard InChI is InChI=1S/C17H18N4O2S/c1-24-17-20-8-11(9-21-17)7-18-15(16(22)23)6-12-10-19-14-5-3-2-4-13(12)14/h2-5,8-10,15,18-19H,6-7H2,1H3,(H,22,23). The number of aromatic nitrogens is 3. The van der Waals surface area contributed by atoms with E-state index in [4.69, 9.17) is 0 Å². The highest BCUT2D eigenvalue weighted by Gasteiger charge is 2.19. The molecule has 1 atom stereocenters. The molecule has 0 amide bonds.